The number of pyridine rings is 1. The Morgan fingerprint density at radius 2 is 1.68 bits per heavy atom. The van der Waals surface area contributed by atoms with E-state index in [1.165, 1.54) is 31.6 Å². The molecule has 0 aliphatic heterocycles. The maximum atomic E-state index is 13.0. The fraction of sp³-hybridized carbons (Fsp3) is 0.192. The number of hydrogen-bond acceptors (Lipinski definition) is 7. The minimum atomic E-state index is -0.413. The molecule has 0 fully saturated rings. The van der Waals surface area contributed by atoms with Gasteiger partial charge in [0.25, 0.3) is 5.91 Å². The van der Waals surface area contributed by atoms with Crippen molar-refractivity contribution in [2.45, 2.75) is 6.92 Å². The minimum Gasteiger partial charge on any atom is -0.494 e. The Labute approximate surface area is 201 Å². The fourth-order valence-electron chi connectivity index (χ4n) is 3.69. The van der Waals surface area contributed by atoms with Crippen molar-refractivity contribution in [1.29, 1.82) is 0 Å². The zero-order valence-corrected chi connectivity index (χ0v) is 20.1. The van der Waals surface area contributed by atoms with Crippen LogP contribution in [0.5, 0.6) is 17.2 Å². The Morgan fingerprint density at radius 3 is 2.41 bits per heavy atom. The van der Waals surface area contributed by atoms with E-state index in [0.29, 0.717) is 28.5 Å². The first-order valence-corrected chi connectivity index (χ1v) is 11.4. The summed E-state index contributed by atoms with van der Waals surface area (Å²) in [6, 6.07) is 14.5. The number of ketones is 1. The van der Waals surface area contributed by atoms with Gasteiger partial charge in [0.1, 0.15) is 5.75 Å². The molecule has 0 aliphatic carbocycles. The van der Waals surface area contributed by atoms with Gasteiger partial charge in [-0.05, 0) is 42.8 Å². The maximum Gasteiger partial charge on any atom is 0.251 e. The number of carbonyl (C=O) groups is 2. The topological polar surface area (TPSA) is 86.8 Å². The highest BCUT2D eigenvalue weighted by molar-refractivity contribution is 7.18. The average molecular weight is 477 g/mol. The molecule has 8 heteroatoms. The van der Waals surface area contributed by atoms with Gasteiger partial charge in [-0.2, -0.15) is 0 Å². The highest BCUT2D eigenvalue weighted by atomic mass is 32.1. The first kappa shape index (κ1) is 23.3. The van der Waals surface area contributed by atoms with Crippen LogP contribution in [0.4, 0.5) is 0 Å². The first-order chi connectivity index (χ1) is 16.5. The molecule has 0 atom stereocenters. The summed E-state index contributed by atoms with van der Waals surface area (Å²) in [7, 11) is 4.50. The number of Topliss-reactive ketones (excluding diaryl/α,β-unsaturated/α-hetero) is 1. The van der Waals surface area contributed by atoms with Crippen molar-refractivity contribution in [2.75, 3.05) is 27.9 Å². The minimum absolute atomic E-state index is 0.166. The van der Waals surface area contributed by atoms with Crippen LogP contribution in [-0.2, 0) is 0 Å². The quantitative estimate of drug-likeness (QED) is 0.364. The first-order valence-electron chi connectivity index (χ1n) is 10.5. The number of fused-ring (bicyclic) bond motifs is 1. The van der Waals surface area contributed by atoms with Crippen molar-refractivity contribution in [3.8, 4) is 28.5 Å². The van der Waals surface area contributed by atoms with Crippen LogP contribution in [0.3, 0.4) is 0 Å². The lowest BCUT2D eigenvalue weighted by Gasteiger charge is -2.11. The number of carbonyl (C=O) groups excluding carboxylic acids is 2. The van der Waals surface area contributed by atoms with Crippen LogP contribution < -0.4 is 19.5 Å². The Hall–Kier alpha value is -3.91. The lowest BCUT2D eigenvalue weighted by molar-refractivity contribution is 0.0900. The monoisotopic (exact) mass is 476 g/mol. The third-order valence-electron chi connectivity index (χ3n) is 5.47. The van der Waals surface area contributed by atoms with Gasteiger partial charge in [0.15, 0.2) is 17.2 Å². The molecule has 2 aromatic carbocycles. The summed E-state index contributed by atoms with van der Waals surface area (Å²) in [5, 5.41) is 5.78. The molecule has 4 rings (SSSR count). The van der Waals surface area contributed by atoms with E-state index in [4.69, 9.17) is 14.2 Å². The van der Waals surface area contributed by atoms with Crippen molar-refractivity contribution in [3.63, 3.8) is 0 Å². The van der Waals surface area contributed by atoms with Crippen molar-refractivity contribution in [3.05, 3.63) is 70.7 Å². The molecule has 0 radical (unpaired) electrons. The molecule has 0 aliphatic rings. The number of thiophene rings is 1. The Morgan fingerprint density at radius 1 is 0.941 bits per heavy atom. The number of amides is 1. The van der Waals surface area contributed by atoms with Crippen LogP contribution in [0.2, 0.25) is 0 Å². The van der Waals surface area contributed by atoms with E-state index < -0.39 is 5.91 Å². The molecule has 34 heavy (non-hydrogen) atoms. The number of nitrogens with one attached hydrogen (secondary N) is 1. The second-order valence-electron chi connectivity index (χ2n) is 7.52. The number of hydrogen-bond donors (Lipinski definition) is 1. The van der Waals surface area contributed by atoms with Crippen LogP contribution in [-0.4, -0.2) is 44.5 Å². The van der Waals surface area contributed by atoms with E-state index in [-0.39, 0.29) is 18.0 Å². The zero-order chi connectivity index (χ0) is 24.2. The van der Waals surface area contributed by atoms with E-state index in [1.54, 1.807) is 35.6 Å². The summed E-state index contributed by atoms with van der Waals surface area (Å²) < 4.78 is 17.0. The fourth-order valence-corrected chi connectivity index (χ4v) is 4.73. The smallest absolute Gasteiger partial charge is 0.251 e. The molecular weight excluding hydrogens is 452 g/mol. The van der Waals surface area contributed by atoms with Gasteiger partial charge in [0, 0.05) is 26.6 Å². The predicted octanol–water partition coefficient (Wildman–Crippen LogP) is 4.91. The zero-order valence-electron chi connectivity index (χ0n) is 19.3. The van der Waals surface area contributed by atoms with Crippen molar-refractivity contribution >= 4 is 33.1 Å². The van der Waals surface area contributed by atoms with Gasteiger partial charge in [-0.25, -0.2) is 4.98 Å². The Balaban J connectivity index is 1.57. The number of methoxy groups -OCH3 is 3. The van der Waals surface area contributed by atoms with E-state index in [2.05, 4.69) is 23.3 Å². The van der Waals surface area contributed by atoms with Crippen LogP contribution >= 0.6 is 11.3 Å². The average Bonchev–Trinajstić information content (AvgIpc) is 3.31. The van der Waals surface area contributed by atoms with E-state index >= 15 is 0 Å². The SMILES string of the molecule is COc1ccc(C(=O)NCC(=O)c2nc(-c3csc4c(C)cccc34)ccc2OC)cc1OC. The molecule has 1 N–H and O–H groups in total. The molecule has 2 heterocycles. The molecule has 1 amide bonds. The number of aryl methyl sites for hydroxylation is 1. The Bertz CT molecular complexity index is 1380. The third kappa shape index (κ3) is 4.45. The number of ether oxygens (including phenoxy) is 3. The van der Waals surface area contributed by atoms with Crippen LogP contribution in [0.25, 0.3) is 21.3 Å². The van der Waals surface area contributed by atoms with Crippen LogP contribution in [0.1, 0.15) is 26.4 Å². The predicted molar refractivity (Wildman–Crippen MR) is 133 cm³/mol. The molecular formula is C26H24N2O5S. The molecule has 0 spiro atoms. The number of benzene rings is 2. The lowest BCUT2D eigenvalue weighted by Crippen LogP contribution is -2.30. The molecule has 174 valence electrons. The molecule has 7 nitrogen and oxygen atoms in total. The van der Waals surface area contributed by atoms with E-state index in [9.17, 15) is 9.59 Å². The normalized spacial score (nSPS) is 10.7. The number of nitrogens with zero attached hydrogens (tertiary/aromatic N) is 1. The summed E-state index contributed by atoms with van der Waals surface area (Å²) in [5.41, 5.74) is 3.33. The van der Waals surface area contributed by atoms with E-state index in [1.807, 2.05) is 23.6 Å². The summed E-state index contributed by atoms with van der Waals surface area (Å²) >= 11 is 1.64. The van der Waals surface area contributed by atoms with Gasteiger partial charge >= 0.3 is 0 Å². The van der Waals surface area contributed by atoms with Gasteiger partial charge in [0.2, 0.25) is 5.78 Å². The second-order valence-corrected chi connectivity index (χ2v) is 8.40. The summed E-state index contributed by atoms with van der Waals surface area (Å²) in [4.78, 5) is 30.3. The largest absolute Gasteiger partial charge is 0.494 e. The second kappa shape index (κ2) is 9.93. The number of rotatable bonds is 8. The molecule has 0 bridgehead atoms. The van der Waals surface area contributed by atoms with Gasteiger partial charge in [-0.3, -0.25) is 9.59 Å². The molecule has 0 saturated heterocycles. The van der Waals surface area contributed by atoms with Crippen molar-refractivity contribution in [2.24, 2.45) is 0 Å². The van der Waals surface area contributed by atoms with Gasteiger partial charge in [0.05, 0.1) is 33.6 Å². The van der Waals surface area contributed by atoms with Gasteiger partial charge in [-0.15, -0.1) is 11.3 Å². The van der Waals surface area contributed by atoms with E-state index in [0.717, 1.165) is 10.9 Å². The highest BCUT2D eigenvalue weighted by Gasteiger charge is 2.19. The van der Waals surface area contributed by atoms with Crippen molar-refractivity contribution in [1.82, 2.24) is 10.3 Å². The number of aromatic nitrogens is 1. The Kier molecular flexibility index (Phi) is 6.79. The van der Waals surface area contributed by atoms with Gasteiger partial charge < -0.3 is 19.5 Å². The summed E-state index contributed by atoms with van der Waals surface area (Å²) in [6.45, 7) is 1.84. The van der Waals surface area contributed by atoms with Gasteiger partial charge in [-0.1, -0.05) is 18.2 Å². The van der Waals surface area contributed by atoms with Crippen LogP contribution in [0.15, 0.2) is 53.9 Å². The molecule has 2 aromatic heterocycles. The summed E-state index contributed by atoms with van der Waals surface area (Å²) in [5.74, 6) is 0.518. The maximum absolute atomic E-state index is 13.0. The third-order valence-corrected chi connectivity index (χ3v) is 6.60. The van der Waals surface area contributed by atoms with Crippen molar-refractivity contribution < 1.29 is 23.8 Å². The molecule has 0 saturated carbocycles. The lowest BCUT2D eigenvalue weighted by atomic mass is 10.1. The van der Waals surface area contributed by atoms with Crippen LogP contribution in [0, 0.1) is 6.92 Å². The molecule has 4 aromatic rings. The summed E-state index contributed by atoms with van der Waals surface area (Å²) in [6.07, 6.45) is 0. The highest BCUT2D eigenvalue weighted by Crippen LogP contribution is 2.36. The molecule has 0 unspecified atom stereocenters. The standard InChI is InChI=1S/C26H24N2O5S/c1-15-6-5-7-17-18(14-34-25(15)17)19-9-11-22(32-3)24(28-19)20(29)13-27-26(30)16-8-10-21(31-2)23(12-16)33-4/h5-12,14H,13H2,1-4H3,(H,27,30).